The molecular weight excluding hydrogens is 210 g/mol. The summed E-state index contributed by atoms with van der Waals surface area (Å²) in [6.07, 6.45) is 3.26. The van der Waals surface area contributed by atoms with Crippen LogP contribution in [0.25, 0.3) is 0 Å². The number of halogens is 2. The Kier molecular flexibility index (Phi) is 1.97. The summed E-state index contributed by atoms with van der Waals surface area (Å²) in [5.74, 6) is -1.62. The lowest BCUT2D eigenvalue weighted by atomic mass is 9.94. The Hall–Kier alpha value is -1.19. The van der Waals surface area contributed by atoms with Crippen LogP contribution in [0.5, 0.6) is 0 Å². The number of nitrogens with zero attached hydrogens (tertiary/aromatic N) is 2. The third-order valence-electron chi connectivity index (χ3n) is 3.76. The third kappa shape index (κ3) is 1.39. The molecule has 0 aromatic carbocycles. The fourth-order valence-electron chi connectivity index (χ4n) is 2.69. The molecule has 1 saturated carbocycles. The number of rotatable bonds is 1. The molecule has 1 spiro atoms. The van der Waals surface area contributed by atoms with Crippen molar-refractivity contribution in [1.29, 1.82) is 0 Å². The zero-order chi connectivity index (χ0) is 11.2. The van der Waals surface area contributed by atoms with E-state index in [0.29, 0.717) is 13.0 Å². The van der Waals surface area contributed by atoms with Gasteiger partial charge in [-0.2, -0.15) is 0 Å². The van der Waals surface area contributed by atoms with Gasteiger partial charge in [-0.25, -0.2) is 13.8 Å². The number of hydrogen-bond acceptors (Lipinski definition) is 2. The first-order valence-corrected chi connectivity index (χ1v) is 5.67. The van der Waals surface area contributed by atoms with Crippen molar-refractivity contribution in [2.45, 2.75) is 25.2 Å². The number of piperidine rings is 1. The highest BCUT2D eigenvalue weighted by Crippen LogP contribution is 2.64. The van der Waals surface area contributed by atoms with Crippen molar-refractivity contribution in [3.05, 3.63) is 24.4 Å². The second-order valence-electron chi connectivity index (χ2n) is 4.87. The van der Waals surface area contributed by atoms with E-state index in [9.17, 15) is 8.78 Å². The molecule has 1 unspecified atom stereocenters. The highest BCUT2D eigenvalue weighted by atomic mass is 19.3. The van der Waals surface area contributed by atoms with E-state index in [-0.39, 0.29) is 6.42 Å². The summed E-state index contributed by atoms with van der Waals surface area (Å²) in [5, 5.41) is 0. The molecule has 1 aromatic rings. The summed E-state index contributed by atoms with van der Waals surface area (Å²) < 4.78 is 26.6. The monoisotopic (exact) mass is 224 g/mol. The second kappa shape index (κ2) is 3.15. The van der Waals surface area contributed by atoms with Gasteiger partial charge in [0.2, 0.25) is 0 Å². The van der Waals surface area contributed by atoms with Crippen LogP contribution < -0.4 is 4.90 Å². The zero-order valence-electron chi connectivity index (χ0n) is 9.00. The maximum atomic E-state index is 13.3. The predicted octanol–water partition coefficient (Wildman–Crippen LogP) is 2.71. The highest BCUT2D eigenvalue weighted by Gasteiger charge is 2.71. The van der Waals surface area contributed by atoms with Crippen LogP contribution in [0.15, 0.2) is 24.4 Å². The van der Waals surface area contributed by atoms with Gasteiger partial charge in [0.05, 0.1) is 5.41 Å². The quantitative estimate of drug-likeness (QED) is 0.729. The normalized spacial score (nSPS) is 31.8. The van der Waals surface area contributed by atoms with Gasteiger partial charge in [0, 0.05) is 25.7 Å². The van der Waals surface area contributed by atoms with Gasteiger partial charge in [0.15, 0.2) is 0 Å². The van der Waals surface area contributed by atoms with Crippen LogP contribution in [0.3, 0.4) is 0 Å². The number of anilines is 1. The van der Waals surface area contributed by atoms with Crippen molar-refractivity contribution >= 4 is 5.82 Å². The van der Waals surface area contributed by atoms with Crippen molar-refractivity contribution in [3.8, 4) is 0 Å². The average molecular weight is 224 g/mol. The second-order valence-corrected chi connectivity index (χ2v) is 4.87. The molecular formula is C12H14F2N2. The summed E-state index contributed by atoms with van der Waals surface area (Å²) in [7, 11) is 0. The molecule has 3 rings (SSSR count). The summed E-state index contributed by atoms with van der Waals surface area (Å²) in [6, 6.07) is 5.63. The van der Waals surface area contributed by atoms with Gasteiger partial charge in [-0.3, -0.25) is 0 Å². The summed E-state index contributed by atoms with van der Waals surface area (Å²) in [5.41, 5.74) is -0.747. The van der Waals surface area contributed by atoms with Crippen LogP contribution in [0.2, 0.25) is 0 Å². The van der Waals surface area contributed by atoms with Crippen LogP contribution in [0.4, 0.5) is 14.6 Å². The lowest BCUT2D eigenvalue weighted by Crippen LogP contribution is -2.39. The molecule has 2 aliphatic rings. The number of aromatic nitrogens is 1. The molecule has 4 heteroatoms. The van der Waals surface area contributed by atoms with Crippen molar-refractivity contribution < 1.29 is 8.78 Å². The van der Waals surface area contributed by atoms with Crippen LogP contribution >= 0.6 is 0 Å². The molecule has 1 atom stereocenters. The lowest BCUT2D eigenvalue weighted by molar-refractivity contribution is 0.0575. The first kappa shape index (κ1) is 10.00. The maximum Gasteiger partial charge on any atom is 0.256 e. The molecule has 0 N–H and O–H groups in total. The molecule has 1 aromatic heterocycles. The Balaban J connectivity index is 1.80. The van der Waals surface area contributed by atoms with Crippen molar-refractivity contribution in [2.24, 2.45) is 5.41 Å². The molecule has 1 aliphatic heterocycles. The molecule has 1 aliphatic carbocycles. The van der Waals surface area contributed by atoms with Crippen LogP contribution in [-0.2, 0) is 0 Å². The molecule has 1 saturated heterocycles. The molecule has 2 heterocycles. The Morgan fingerprint density at radius 3 is 2.75 bits per heavy atom. The van der Waals surface area contributed by atoms with Crippen molar-refractivity contribution in [3.63, 3.8) is 0 Å². The van der Waals surface area contributed by atoms with Gasteiger partial charge in [0.25, 0.3) is 5.92 Å². The summed E-state index contributed by atoms with van der Waals surface area (Å²) in [4.78, 5) is 6.22. The predicted molar refractivity (Wildman–Crippen MR) is 57.7 cm³/mol. The van der Waals surface area contributed by atoms with Crippen LogP contribution in [0.1, 0.15) is 19.3 Å². The summed E-state index contributed by atoms with van der Waals surface area (Å²) >= 11 is 0. The molecule has 0 amide bonds. The van der Waals surface area contributed by atoms with Crippen molar-refractivity contribution in [2.75, 3.05) is 18.0 Å². The van der Waals surface area contributed by atoms with Gasteiger partial charge in [-0.1, -0.05) is 6.07 Å². The van der Waals surface area contributed by atoms with Gasteiger partial charge >= 0.3 is 0 Å². The van der Waals surface area contributed by atoms with E-state index in [1.54, 1.807) is 6.20 Å². The number of pyridine rings is 1. The SMILES string of the molecule is FC1(F)CC12CCCN(c1ccccn1)C2. The van der Waals surface area contributed by atoms with E-state index in [4.69, 9.17) is 0 Å². The molecule has 2 fully saturated rings. The smallest absolute Gasteiger partial charge is 0.256 e. The first-order chi connectivity index (χ1) is 7.63. The fourth-order valence-corrected chi connectivity index (χ4v) is 2.69. The molecule has 2 nitrogen and oxygen atoms in total. The zero-order valence-corrected chi connectivity index (χ0v) is 9.00. The van der Waals surface area contributed by atoms with E-state index in [2.05, 4.69) is 4.98 Å². The largest absolute Gasteiger partial charge is 0.356 e. The standard InChI is InChI=1S/C12H14F2N2/c13-12(14)8-11(12)5-3-7-16(9-11)10-4-1-2-6-15-10/h1-2,4,6H,3,5,7-9H2. The summed E-state index contributed by atoms with van der Waals surface area (Å²) in [6.45, 7) is 1.30. The fraction of sp³-hybridized carbons (Fsp3) is 0.583. The Bertz CT molecular complexity index is 393. The Morgan fingerprint density at radius 2 is 2.12 bits per heavy atom. The van der Waals surface area contributed by atoms with Crippen LogP contribution in [0, 0.1) is 5.41 Å². The minimum Gasteiger partial charge on any atom is -0.356 e. The molecule has 0 bridgehead atoms. The minimum atomic E-state index is -2.44. The molecule has 0 radical (unpaired) electrons. The van der Waals surface area contributed by atoms with Gasteiger partial charge in [-0.15, -0.1) is 0 Å². The van der Waals surface area contributed by atoms with E-state index >= 15 is 0 Å². The van der Waals surface area contributed by atoms with Gasteiger partial charge in [-0.05, 0) is 25.0 Å². The number of hydrogen-bond donors (Lipinski definition) is 0. The Morgan fingerprint density at radius 1 is 1.31 bits per heavy atom. The number of alkyl halides is 2. The highest BCUT2D eigenvalue weighted by molar-refractivity contribution is 5.40. The topological polar surface area (TPSA) is 16.1 Å². The van der Waals surface area contributed by atoms with Gasteiger partial charge < -0.3 is 4.90 Å². The van der Waals surface area contributed by atoms with E-state index < -0.39 is 11.3 Å². The van der Waals surface area contributed by atoms with E-state index in [1.165, 1.54) is 0 Å². The molecule has 16 heavy (non-hydrogen) atoms. The lowest BCUT2D eigenvalue weighted by Gasteiger charge is -2.33. The van der Waals surface area contributed by atoms with Crippen LogP contribution in [-0.4, -0.2) is 24.0 Å². The first-order valence-electron chi connectivity index (χ1n) is 5.67. The minimum absolute atomic E-state index is 0.0589. The molecule has 86 valence electrons. The maximum absolute atomic E-state index is 13.3. The van der Waals surface area contributed by atoms with E-state index in [1.807, 2.05) is 23.1 Å². The van der Waals surface area contributed by atoms with E-state index in [0.717, 1.165) is 18.8 Å². The average Bonchev–Trinajstić information content (AvgIpc) is 2.80. The third-order valence-corrected chi connectivity index (χ3v) is 3.76. The van der Waals surface area contributed by atoms with Gasteiger partial charge in [0.1, 0.15) is 5.82 Å². The Labute approximate surface area is 93.3 Å². The van der Waals surface area contributed by atoms with Crippen molar-refractivity contribution in [1.82, 2.24) is 4.98 Å².